The molecule has 0 aromatic rings. The van der Waals surface area contributed by atoms with Gasteiger partial charge in [0.25, 0.3) is 0 Å². The second-order valence-corrected chi connectivity index (χ2v) is 56.7. The van der Waals surface area contributed by atoms with Gasteiger partial charge in [-0.1, -0.05) is 128 Å². The zero-order valence-electron chi connectivity index (χ0n) is 84.4. The van der Waals surface area contributed by atoms with Crippen LogP contribution in [0, 0.1) is 337 Å². The Hall–Kier alpha value is -3.26. The molecular formula is C123H200O14. The Morgan fingerprint density at radius 3 is 0.854 bits per heavy atom. The number of cyclic esters (lactones) is 1. The zero-order chi connectivity index (χ0) is 91.1. The normalized spacial score (nSPS) is 56.5. The molecule has 0 radical (unpaired) electrons. The maximum absolute atomic E-state index is 13.6. The van der Waals surface area contributed by atoms with Crippen molar-refractivity contribution in [1.82, 2.24) is 0 Å². The summed E-state index contributed by atoms with van der Waals surface area (Å²) in [6.07, 6.45) is 32.8. The minimum absolute atomic E-state index is 0. The number of hydrogen-bond donors (Lipinski definition) is 1. The standard InChI is InChI=1S/C26H38O2.C20H30O3.C19H26O4.2C19H30O2.C14H22O.6CH4/c1-12-13(2)20-11-19(12)23-16-9-21(24(20)23)22(10-16)25(27)28-26(3)17-5-14-4-15(7-17)8-18(26)6-14;1-10-11(2)14-9-13(10)18-12-7-15(19(14)18)16(8-12)20(21)23-17-5-3-4-6-22-17;1-8-9(2)12-7-11(8)16-10-5-13(17(12)16)14(6-10)18(20)23-15-3-4-22-19(15)21;2*1-9-10(2)13-8-12(9)16-11-6-14(17(13)16)15(7-11)18(20)21-19(3,4)5;1-6-7(2)10-5-9(6)13-8-3-11(14(10)13)12(15)4-8;;;;;;/h12-24H,4-11H2,1-3H3;10-19H,3-9H2,1-2H3;8-17H,3-7H2,1-2H3;2*9-17H,6-8H2,1-5H3;6-15H,3-5H2,1-2H3;6*1H4. The minimum Gasteiger partial charge on any atom is -0.463 e. The lowest BCUT2D eigenvalue weighted by Gasteiger charge is -2.59. The van der Waals surface area contributed by atoms with Crippen LogP contribution in [-0.2, 0) is 61.9 Å². The molecule has 1 N–H and O–H groups in total. The monoisotopic (exact) mass is 1900 g/mol. The van der Waals surface area contributed by atoms with Crippen LogP contribution in [0.25, 0.3) is 0 Å². The second kappa shape index (κ2) is 37.2. The van der Waals surface area contributed by atoms with E-state index >= 15 is 0 Å². The van der Waals surface area contributed by atoms with Crippen molar-refractivity contribution in [2.24, 2.45) is 337 Å². The summed E-state index contributed by atoms with van der Waals surface area (Å²) in [5, 5.41) is 10.0. The van der Waals surface area contributed by atoms with E-state index < -0.39 is 6.10 Å². The summed E-state index contributed by atoms with van der Waals surface area (Å²) in [5.41, 5.74) is -0.814. The van der Waals surface area contributed by atoms with E-state index in [9.17, 15) is 33.9 Å². The smallest absolute Gasteiger partial charge is 0.347 e. The fraction of sp³-hybridized carbons (Fsp3) is 0.951. The van der Waals surface area contributed by atoms with Crippen LogP contribution in [-0.4, -0.2) is 89.4 Å². The number of carbonyl (C=O) groups excluding carboxylic acids is 6. The third-order valence-electron chi connectivity index (χ3n) is 51.0. The summed E-state index contributed by atoms with van der Waals surface area (Å²) in [4.78, 5) is 75.6. The minimum atomic E-state index is -0.642. The van der Waals surface area contributed by atoms with E-state index in [2.05, 4.69) is 90.0 Å². The Morgan fingerprint density at radius 1 is 0.299 bits per heavy atom. The van der Waals surface area contributed by atoms with E-state index in [4.69, 9.17) is 33.2 Å². The molecule has 28 bridgehead atoms. The number of aliphatic hydroxyl groups excluding tert-OH is 1. The molecule has 28 saturated carbocycles. The van der Waals surface area contributed by atoms with E-state index in [-0.39, 0.29) is 139 Å². The quantitative estimate of drug-likeness (QED) is 0.137. The largest absolute Gasteiger partial charge is 0.463 e. The van der Waals surface area contributed by atoms with Crippen molar-refractivity contribution < 1.29 is 67.0 Å². The molecule has 0 aromatic heterocycles. The SMILES string of the molecule is C.C.C.C.C.C.CC1C(C)C2CC1C1C3CC(C(=O)OC(C)(C)C)C(C3)C21.CC1C(C)C2CC1C1C3CC(C(=O)OC(C)(C)C)C(C3)C21.CC1C(C)C2CC1C1C3CC(C(=O)OC4(C)C5CC6CC(C5)CC4C6)C(C3)C21.CC1C(C)C2CC1C1C3CC(C(=O)OC4CCCCO4)C(C3)C21.CC1C(C)C2CC1C1C3CC(C(=O)OC4CCOC4=O)C(C3)C21.CC1C(C)C2CC1C1C3CC(O)C(C3)C21. The van der Waals surface area contributed by atoms with Crippen molar-refractivity contribution in [3.05, 3.63) is 0 Å². The molecule has 137 heavy (non-hydrogen) atoms. The van der Waals surface area contributed by atoms with Gasteiger partial charge in [0.1, 0.15) is 16.8 Å². The molecule has 776 valence electrons. The van der Waals surface area contributed by atoms with E-state index in [1.54, 1.807) is 0 Å². The molecule has 30 aliphatic rings. The molecule has 0 aromatic carbocycles. The van der Waals surface area contributed by atoms with Gasteiger partial charge in [-0.15, -0.1) is 0 Å². The van der Waals surface area contributed by atoms with E-state index in [0.29, 0.717) is 60.4 Å². The van der Waals surface area contributed by atoms with Gasteiger partial charge in [0.15, 0.2) is 0 Å². The highest BCUT2D eigenvalue weighted by molar-refractivity contribution is 5.82. The van der Waals surface area contributed by atoms with Crippen LogP contribution < -0.4 is 0 Å². The first-order chi connectivity index (χ1) is 62.4. The summed E-state index contributed by atoms with van der Waals surface area (Å²) in [7, 11) is 0. The van der Waals surface area contributed by atoms with E-state index in [1.807, 2.05) is 41.5 Å². The number of esters is 6. The first-order valence-electron chi connectivity index (χ1n) is 56.9. The second-order valence-electron chi connectivity index (χ2n) is 56.7. The first kappa shape index (κ1) is 104. The molecule has 2 heterocycles. The van der Waals surface area contributed by atoms with Gasteiger partial charge < -0.3 is 38.3 Å². The van der Waals surface area contributed by atoms with Crippen molar-refractivity contribution in [2.45, 2.75) is 385 Å². The molecule has 56 unspecified atom stereocenters. The molecule has 2 saturated heterocycles. The lowest BCUT2D eigenvalue weighted by molar-refractivity contribution is -0.209. The van der Waals surface area contributed by atoms with Gasteiger partial charge in [-0.05, 0) is 517 Å². The molecule has 14 heteroatoms. The van der Waals surface area contributed by atoms with Gasteiger partial charge in [-0.25, -0.2) is 4.79 Å². The fourth-order valence-corrected chi connectivity index (χ4v) is 45.8. The molecule has 30 fully saturated rings. The van der Waals surface area contributed by atoms with Gasteiger partial charge in [-0.2, -0.15) is 0 Å². The average molecular weight is 1900 g/mol. The highest BCUT2D eigenvalue weighted by Gasteiger charge is 2.75. The van der Waals surface area contributed by atoms with Crippen LogP contribution in [0.2, 0.25) is 0 Å². The Morgan fingerprint density at radius 2 is 0.569 bits per heavy atom. The van der Waals surface area contributed by atoms with Gasteiger partial charge in [0, 0.05) is 12.8 Å². The van der Waals surface area contributed by atoms with Crippen LogP contribution in [0.15, 0.2) is 0 Å². The summed E-state index contributed by atoms with van der Waals surface area (Å²) >= 11 is 0. The van der Waals surface area contributed by atoms with Crippen molar-refractivity contribution >= 4 is 35.8 Å². The molecule has 2 aliphatic heterocycles. The highest BCUT2D eigenvalue weighted by atomic mass is 16.7. The molecule has 28 aliphatic carbocycles. The maximum atomic E-state index is 13.6. The Kier molecular flexibility index (Phi) is 28.2. The van der Waals surface area contributed by atoms with Crippen molar-refractivity contribution in [1.29, 1.82) is 0 Å². The highest BCUT2D eigenvalue weighted by Crippen LogP contribution is 2.79. The molecule has 0 amide bonds. The first-order valence-corrected chi connectivity index (χ1v) is 56.9. The van der Waals surface area contributed by atoms with Gasteiger partial charge in [0.05, 0.1) is 48.9 Å². The zero-order valence-corrected chi connectivity index (χ0v) is 84.4. The van der Waals surface area contributed by atoms with Gasteiger partial charge >= 0.3 is 35.8 Å². The van der Waals surface area contributed by atoms with Crippen molar-refractivity contribution in [2.75, 3.05) is 13.2 Å². The number of fused-ring (bicyclic) bond motifs is 54. The fourth-order valence-electron chi connectivity index (χ4n) is 45.8. The van der Waals surface area contributed by atoms with Crippen LogP contribution in [0.5, 0.6) is 0 Å². The predicted octanol–water partition coefficient (Wildman–Crippen LogP) is 26.7. The van der Waals surface area contributed by atoms with Crippen LogP contribution in [0.3, 0.4) is 0 Å². The van der Waals surface area contributed by atoms with Crippen LogP contribution in [0.4, 0.5) is 0 Å². The average Bonchev–Trinajstić information content (AvgIpc) is 1.56. The molecule has 56 atom stereocenters. The summed E-state index contributed by atoms with van der Waals surface area (Å²) in [5.74, 6) is 45.3. The topological polar surface area (TPSA) is 187 Å². The Bertz CT molecular complexity index is 4260. The van der Waals surface area contributed by atoms with E-state index in [1.165, 1.54) is 109 Å². The van der Waals surface area contributed by atoms with Crippen molar-refractivity contribution in [3.63, 3.8) is 0 Å². The Labute approximate surface area is 833 Å². The Balaban J connectivity index is 0.000000109. The number of carbonyl (C=O) groups is 6. The van der Waals surface area contributed by atoms with Crippen molar-refractivity contribution in [3.8, 4) is 0 Å². The molecular weight excluding hydrogens is 1700 g/mol. The van der Waals surface area contributed by atoms with E-state index in [0.717, 1.165) is 325 Å². The molecule has 0 spiro atoms. The predicted molar refractivity (Wildman–Crippen MR) is 541 cm³/mol. The lowest BCUT2D eigenvalue weighted by Crippen LogP contribution is -2.58. The van der Waals surface area contributed by atoms with Crippen LogP contribution >= 0.6 is 0 Å². The third kappa shape index (κ3) is 15.9. The number of hydrogen-bond acceptors (Lipinski definition) is 14. The maximum Gasteiger partial charge on any atom is 0.347 e. The molecule has 30 rings (SSSR count). The number of rotatable bonds is 8. The van der Waals surface area contributed by atoms with Gasteiger partial charge in [-0.3, -0.25) is 24.0 Å². The summed E-state index contributed by atoms with van der Waals surface area (Å²) < 4.78 is 39.8. The molecule has 14 nitrogen and oxygen atoms in total. The summed E-state index contributed by atoms with van der Waals surface area (Å²) in [6.45, 7) is 45.0. The number of aliphatic hydroxyl groups is 1. The number of ether oxygens (including phenoxy) is 7. The third-order valence-corrected chi connectivity index (χ3v) is 51.0. The van der Waals surface area contributed by atoms with Crippen LogP contribution in [0.1, 0.15) is 349 Å². The lowest BCUT2D eigenvalue weighted by atomic mass is 9.50. The summed E-state index contributed by atoms with van der Waals surface area (Å²) in [6, 6.07) is 0. The van der Waals surface area contributed by atoms with Gasteiger partial charge in [0.2, 0.25) is 12.4 Å².